The van der Waals surface area contributed by atoms with Crippen molar-refractivity contribution in [3.8, 4) is 0 Å². The van der Waals surface area contributed by atoms with Gasteiger partial charge in [0.15, 0.2) is 0 Å². The number of rotatable bonds is 4. The molecule has 3 N–H and O–H groups in total. The highest BCUT2D eigenvalue weighted by atomic mass is 35.5. The number of amides is 1. The van der Waals surface area contributed by atoms with Crippen LogP contribution in [0.3, 0.4) is 0 Å². The molecule has 110 valence electrons. The summed E-state index contributed by atoms with van der Waals surface area (Å²) in [6.07, 6.45) is 1.09. The Morgan fingerprint density at radius 2 is 1.81 bits per heavy atom. The van der Waals surface area contributed by atoms with E-state index in [-0.39, 0.29) is 26.3 Å². The van der Waals surface area contributed by atoms with Crippen LogP contribution in [0.4, 0.5) is 5.69 Å². The van der Waals surface area contributed by atoms with Gasteiger partial charge in [-0.3, -0.25) is 9.52 Å². The zero-order chi connectivity index (χ0) is 15.6. The fraction of sp³-hybridized carbons (Fsp3) is 0. The molecule has 2 aromatic rings. The number of carbonyl (C=O) groups is 1. The molecule has 0 bridgehead atoms. The zero-order valence-electron chi connectivity index (χ0n) is 10.4. The van der Waals surface area contributed by atoms with E-state index in [1.165, 1.54) is 30.3 Å². The lowest BCUT2D eigenvalue weighted by molar-refractivity contribution is 0.100. The van der Waals surface area contributed by atoms with Crippen molar-refractivity contribution in [2.45, 2.75) is 4.90 Å². The van der Waals surface area contributed by atoms with Gasteiger partial charge in [0, 0.05) is 17.4 Å². The third-order valence-electron chi connectivity index (χ3n) is 2.50. The molecule has 1 amide bonds. The van der Waals surface area contributed by atoms with Crippen LogP contribution in [0.15, 0.2) is 41.4 Å². The van der Waals surface area contributed by atoms with Crippen molar-refractivity contribution in [3.63, 3.8) is 0 Å². The number of pyridine rings is 1. The smallest absolute Gasteiger partial charge is 0.263 e. The first kappa shape index (κ1) is 15.6. The maximum atomic E-state index is 12.1. The molecule has 0 unspecified atom stereocenters. The van der Waals surface area contributed by atoms with E-state index in [1.54, 1.807) is 0 Å². The van der Waals surface area contributed by atoms with Crippen LogP contribution in [-0.2, 0) is 10.0 Å². The highest BCUT2D eigenvalue weighted by Crippen LogP contribution is 2.23. The van der Waals surface area contributed by atoms with Gasteiger partial charge in [-0.05, 0) is 30.3 Å². The second kappa shape index (κ2) is 5.88. The number of aromatic nitrogens is 1. The van der Waals surface area contributed by atoms with Crippen molar-refractivity contribution < 1.29 is 13.2 Å². The monoisotopic (exact) mass is 345 g/mol. The molecule has 0 aliphatic heterocycles. The van der Waals surface area contributed by atoms with Crippen molar-refractivity contribution in [1.29, 1.82) is 0 Å². The van der Waals surface area contributed by atoms with Crippen LogP contribution < -0.4 is 10.5 Å². The van der Waals surface area contributed by atoms with E-state index in [9.17, 15) is 13.2 Å². The summed E-state index contributed by atoms with van der Waals surface area (Å²) in [4.78, 5) is 14.5. The predicted molar refractivity (Wildman–Crippen MR) is 80.0 cm³/mol. The van der Waals surface area contributed by atoms with Gasteiger partial charge >= 0.3 is 0 Å². The SMILES string of the molecule is NC(=O)c1ccc(NS(=O)(=O)c2cnc(Cl)c(Cl)c2)cc1. The Hall–Kier alpha value is -1.83. The van der Waals surface area contributed by atoms with Gasteiger partial charge in [0.05, 0.1) is 5.02 Å². The van der Waals surface area contributed by atoms with E-state index in [4.69, 9.17) is 28.9 Å². The predicted octanol–water partition coefficient (Wildman–Crippen LogP) is 2.29. The molecule has 0 atom stereocenters. The van der Waals surface area contributed by atoms with Crippen LogP contribution in [0, 0.1) is 0 Å². The summed E-state index contributed by atoms with van der Waals surface area (Å²) in [5, 5.41) is 0.0463. The minimum absolute atomic E-state index is 0.0152. The number of benzene rings is 1. The zero-order valence-corrected chi connectivity index (χ0v) is 12.7. The Balaban J connectivity index is 2.28. The molecule has 0 saturated heterocycles. The van der Waals surface area contributed by atoms with E-state index >= 15 is 0 Å². The summed E-state index contributed by atoms with van der Waals surface area (Å²) in [6, 6.07) is 6.85. The molecular weight excluding hydrogens is 337 g/mol. The van der Waals surface area contributed by atoms with Gasteiger partial charge in [-0.2, -0.15) is 0 Å². The Morgan fingerprint density at radius 1 is 1.19 bits per heavy atom. The topological polar surface area (TPSA) is 102 Å². The summed E-state index contributed by atoms with van der Waals surface area (Å²) in [5.74, 6) is -0.599. The maximum Gasteiger partial charge on any atom is 0.263 e. The van der Waals surface area contributed by atoms with E-state index in [0.29, 0.717) is 0 Å². The first-order chi connectivity index (χ1) is 9.79. The molecule has 21 heavy (non-hydrogen) atoms. The number of sulfonamides is 1. The third kappa shape index (κ3) is 3.63. The standard InChI is InChI=1S/C12H9Cl2N3O3S/c13-10-5-9(6-16-11(10)14)21(19,20)17-8-3-1-7(2-4-8)12(15)18/h1-6,17H,(H2,15,18). The van der Waals surface area contributed by atoms with Crippen LogP contribution in [0.2, 0.25) is 10.2 Å². The number of carbonyl (C=O) groups excluding carboxylic acids is 1. The molecule has 0 saturated carbocycles. The normalized spacial score (nSPS) is 11.1. The molecule has 0 spiro atoms. The third-order valence-corrected chi connectivity index (χ3v) is 4.54. The molecular formula is C12H9Cl2N3O3S. The molecule has 0 aliphatic carbocycles. The fourth-order valence-electron chi connectivity index (χ4n) is 1.47. The average molecular weight is 346 g/mol. The van der Waals surface area contributed by atoms with Crippen LogP contribution in [0.5, 0.6) is 0 Å². The summed E-state index contributed by atoms with van der Waals surface area (Å²) in [5.41, 5.74) is 5.64. The van der Waals surface area contributed by atoms with Crippen LogP contribution in [0.25, 0.3) is 0 Å². The lowest BCUT2D eigenvalue weighted by atomic mass is 10.2. The number of anilines is 1. The first-order valence-electron chi connectivity index (χ1n) is 5.53. The quantitative estimate of drug-likeness (QED) is 0.829. The van der Waals surface area contributed by atoms with Gasteiger partial charge in [-0.25, -0.2) is 13.4 Å². The van der Waals surface area contributed by atoms with Crippen LogP contribution in [0.1, 0.15) is 10.4 Å². The highest BCUT2D eigenvalue weighted by Gasteiger charge is 2.16. The van der Waals surface area contributed by atoms with E-state index in [2.05, 4.69) is 9.71 Å². The second-order valence-electron chi connectivity index (χ2n) is 3.99. The van der Waals surface area contributed by atoms with Crippen LogP contribution in [-0.4, -0.2) is 19.3 Å². The number of primary amides is 1. The lowest BCUT2D eigenvalue weighted by Crippen LogP contribution is -2.14. The largest absolute Gasteiger partial charge is 0.366 e. The van der Waals surface area contributed by atoms with Crippen molar-refractivity contribution in [3.05, 3.63) is 52.3 Å². The Morgan fingerprint density at radius 3 is 2.33 bits per heavy atom. The molecule has 0 aliphatic rings. The van der Waals surface area contributed by atoms with Gasteiger partial charge in [-0.1, -0.05) is 23.2 Å². The van der Waals surface area contributed by atoms with E-state index in [0.717, 1.165) is 6.20 Å². The summed E-state index contributed by atoms with van der Waals surface area (Å²) >= 11 is 11.4. The summed E-state index contributed by atoms with van der Waals surface area (Å²) in [7, 11) is -3.86. The number of nitrogens with one attached hydrogen (secondary N) is 1. The summed E-state index contributed by atoms with van der Waals surface area (Å²) < 4.78 is 26.6. The number of nitrogens with zero attached hydrogens (tertiary/aromatic N) is 1. The molecule has 6 nitrogen and oxygen atoms in total. The maximum absolute atomic E-state index is 12.1. The number of hydrogen-bond donors (Lipinski definition) is 2. The van der Waals surface area contributed by atoms with Crippen molar-refractivity contribution in [2.75, 3.05) is 4.72 Å². The first-order valence-corrected chi connectivity index (χ1v) is 7.77. The van der Waals surface area contributed by atoms with Crippen molar-refractivity contribution in [1.82, 2.24) is 4.98 Å². The second-order valence-corrected chi connectivity index (χ2v) is 6.44. The molecule has 0 radical (unpaired) electrons. The van der Waals surface area contributed by atoms with Crippen molar-refractivity contribution in [2.24, 2.45) is 5.73 Å². The summed E-state index contributed by atoms with van der Waals surface area (Å²) in [6.45, 7) is 0. The highest BCUT2D eigenvalue weighted by molar-refractivity contribution is 7.92. The molecule has 1 aromatic heterocycles. The Bertz CT molecular complexity index is 792. The Kier molecular flexibility index (Phi) is 4.36. The van der Waals surface area contributed by atoms with E-state index in [1.807, 2.05) is 0 Å². The molecule has 0 fully saturated rings. The van der Waals surface area contributed by atoms with E-state index < -0.39 is 15.9 Å². The number of hydrogen-bond acceptors (Lipinski definition) is 4. The molecule has 2 rings (SSSR count). The number of halogens is 2. The minimum Gasteiger partial charge on any atom is -0.366 e. The number of nitrogens with two attached hydrogens (primary N) is 1. The van der Waals surface area contributed by atoms with Gasteiger partial charge in [0.25, 0.3) is 10.0 Å². The van der Waals surface area contributed by atoms with Gasteiger partial charge in [0.2, 0.25) is 5.91 Å². The molecule has 1 heterocycles. The average Bonchev–Trinajstić information content (AvgIpc) is 2.42. The fourth-order valence-corrected chi connectivity index (χ4v) is 2.83. The molecule has 1 aromatic carbocycles. The van der Waals surface area contributed by atoms with Crippen LogP contribution >= 0.6 is 23.2 Å². The Labute approximate surface area is 130 Å². The lowest BCUT2D eigenvalue weighted by Gasteiger charge is -2.08. The van der Waals surface area contributed by atoms with Gasteiger partial charge in [0.1, 0.15) is 10.0 Å². The van der Waals surface area contributed by atoms with Crippen molar-refractivity contribution >= 4 is 44.8 Å². The molecule has 9 heteroatoms. The minimum atomic E-state index is -3.86. The van der Waals surface area contributed by atoms with Gasteiger partial charge < -0.3 is 5.73 Å². The van der Waals surface area contributed by atoms with Gasteiger partial charge in [-0.15, -0.1) is 0 Å².